The Kier molecular flexibility index (Phi) is 6.49. The topological polar surface area (TPSA) is 32.3 Å². The maximum atomic E-state index is 12.8. The molecule has 2 aliphatic heterocycles. The van der Waals surface area contributed by atoms with Gasteiger partial charge in [-0.1, -0.05) is 19.1 Å². The summed E-state index contributed by atoms with van der Waals surface area (Å²) in [7, 11) is 0. The lowest BCUT2D eigenvalue weighted by molar-refractivity contribution is -0.119. The van der Waals surface area contributed by atoms with Gasteiger partial charge in [-0.2, -0.15) is 0 Å². The molecule has 0 aliphatic carbocycles. The van der Waals surface area contributed by atoms with Crippen molar-refractivity contribution >= 4 is 24.0 Å². The zero-order chi connectivity index (χ0) is 15.5. The summed E-state index contributed by atoms with van der Waals surface area (Å²) in [6.45, 7) is 7.44. The zero-order valence-corrected chi connectivity index (χ0v) is 15.1. The average molecular weight is 337 g/mol. The van der Waals surface area contributed by atoms with Gasteiger partial charge in [-0.15, -0.1) is 12.4 Å². The van der Waals surface area contributed by atoms with Gasteiger partial charge in [-0.3, -0.25) is 4.79 Å². The minimum Gasteiger partial charge on any atom is -0.316 e. The Balaban J connectivity index is 0.00000192. The van der Waals surface area contributed by atoms with Crippen LogP contribution in [0.4, 0.5) is 5.69 Å². The fourth-order valence-electron chi connectivity index (χ4n) is 3.86. The summed E-state index contributed by atoms with van der Waals surface area (Å²) in [5.74, 6) is 1.43. The second-order valence-electron chi connectivity index (χ2n) is 7.07. The standard InChI is InChI=1S/C19H28N2O.ClH/c1-14-7-8-16-6-4-10-21(18(16)11-14)19(22)12-15(2)17-5-3-9-20-13-17;/h7-8,11,15,17,20H,3-6,9-10,12-13H2,1-2H3;1H. The van der Waals surface area contributed by atoms with E-state index in [1.807, 2.05) is 4.90 Å². The van der Waals surface area contributed by atoms with Gasteiger partial charge < -0.3 is 10.2 Å². The van der Waals surface area contributed by atoms with E-state index in [1.165, 1.54) is 24.0 Å². The van der Waals surface area contributed by atoms with Crippen molar-refractivity contribution in [2.24, 2.45) is 11.8 Å². The Bertz CT molecular complexity index is 540. The number of carbonyl (C=O) groups is 1. The maximum Gasteiger partial charge on any atom is 0.227 e. The molecule has 128 valence electrons. The number of aryl methyl sites for hydroxylation is 2. The van der Waals surface area contributed by atoms with Crippen LogP contribution in [0.15, 0.2) is 18.2 Å². The lowest BCUT2D eigenvalue weighted by Gasteiger charge is -2.33. The first-order valence-corrected chi connectivity index (χ1v) is 8.76. The van der Waals surface area contributed by atoms with Crippen molar-refractivity contribution in [1.82, 2.24) is 5.32 Å². The van der Waals surface area contributed by atoms with E-state index in [4.69, 9.17) is 0 Å². The molecule has 23 heavy (non-hydrogen) atoms. The number of hydrogen-bond donors (Lipinski definition) is 1. The predicted octanol–water partition coefficient (Wildman–Crippen LogP) is 3.72. The molecule has 1 N–H and O–H groups in total. The molecule has 0 aromatic heterocycles. The van der Waals surface area contributed by atoms with Crippen LogP contribution in [0.25, 0.3) is 0 Å². The third-order valence-electron chi connectivity index (χ3n) is 5.30. The Hall–Kier alpha value is -1.06. The van der Waals surface area contributed by atoms with Crippen molar-refractivity contribution in [1.29, 1.82) is 0 Å². The molecule has 3 rings (SSSR count). The highest BCUT2D eigenvalue weighted by molar-refractivity contribution is 5.94. The number of piperidine rings is 1. The van der Waals surface area contributed by atoms with Gasteiger partial charge in [-0.05, 0) is 74.7 Å². The number of nitrogens with zero attached hydrogens (tertiary/aromatic N) is 1. The first-order valence-electron chi connectivity index (χ1n) is 8.76. The lowest BCUT2D eigenvalue weighted by atomic mass is 9.85. The summed E-state index contributed by atoms with van der Waals surface area (Å²) in [6, 6.07) is 6.53. The summed E-state index contributed by atoms with van der Waals surface area (Å²) in [5.41, 5.74) is 3.73. The highest BCUT2D eigenvalue weighted by Crippen LogP contribution is 2.30. The fourth-order valence-corrected chi connectivity index (χ4v) is 3.86. The molecule has 1 aromatic carbocycles. The number of amides is 1. The van der Waals surface area contributed by atoms with E-state index in [-0.39, 0.29) is 12.4 Å². The average Bonchev–Trinajstić information content (AvgIpc) is 2.55. The van der Waals surface area contributed by atoms with Crippen LogP contribution in [0.3, 0.4) is 0 Å². The summed E-state index contributed by atoms with van der Waals surface area (Å²) in [4.78, 5) is 14.9. The minimum absolute atomic E-state index is 0. The van der Waals surface area contributed by atoms with Crippen LogP contribution < -0.4 is 10.2 Å². The number of benzene rings is 1. The number of anilines is 1. The van der Waals surface area contributed by atoms with Crippen LogP contribution in [-0.4, -0.2) is 25.5 Å². The predicted molar refractivity (Wildman–Crippen MR) is 98.5 cm³/mol. The number of nitrogens with one attached hydrogen (secondary N) is 1. The summed E-state index contributed by atoms with van der Waals surface area (Å²) >= 11 is 0. The maximum absolute atomic E-state index is 12.8. The molecule has 3 nitrogen and oxygen atoms in total. The molecule has 1 amide bonds. The number of halogens is 1. The molecule has 0 radical (unpaired) electrons. The Labute approximate surface area is 146 Å². The van der Waals surface area contributed by atoms with Crippen LogP contribution in [-0.2, 0) is 11.2 Å². The van der Waals surface area contributed by atoms with Gasteiger partial charge in [0, 0.05) is 18.7 Å². The monoisotopic (exact) mass is 336 g/mol. The molecule has 2 aliphatic rings. The van der Waals surface area contributed by atoms with Crippen LogP contribution in [0, 0.1) is 18.8 Å². The van der Waals surface area contributed by atoms with Gasteiger partial charge >= 0.3 is 0 Å². The Morgan fingerprint density at radius 1 is 1.39 bits per heavy atom. The second-order valence-corrected chi connectivity index (χ2v) is 7.07. The molecule has 1 saturated heterocycles. The molecule has 2 heterocycles. The summed E-state index contributed by atoms with van der Waals surface area (Å²) < 4.78 is 0. The molecule has 0 saturated carbocycles. The molecule has 2 unspecified atom stereocenters. The van der Waals surface area contributed by atoms with Crippen LogP contribution in [0.2, 0.25) is 0 Å². The van der Waals surface area contributed by atoms with Crippen molar-refractivity contribution in [3.63, 3.8) is 0 Å². The largest absolute Gasteiger partial charge is 0.316 e. The van der Waals surface area contributed by atoms with Crippen molar-refractivity contribution < 1.29 is 4.79 Å². The molecule has 4 heteroatoms. The zero-order valence-electron chi connectivity index (χ0n) is 14.3. The second kappa shape index (κ2) is 8.16. The molecule has 1 aromatic rings. The number of hydrogen-bond acceptors (Lipinski definition) is 2. The highest BCUT2D eigenvalue weighted by atomic mass is 35.5. The molecule has 0 bridgehead atoms. The van der Waals surface area contributed by atoms with E-state index in [2.05, 4.69) is 37.4 Å². The van der Waals surface area contributed by atoms with E-state index in [1.54, 1.807) is 0 Å². The van der Waals surface area contributed by atoms with Crippen molar-refractivity contribution in [3.8, 4) is 0 Å². The van der Waals surface area contributed by atoms with Gasteiger partial charge in [-0.25, -0.2) is 0 Å². The van der Waals surface area contributed by atoms with E-state index in [0.717, 1.165) is 38.2 Å². The molecular formula is C19H29ClN2O. The van der Waals surface area contributed by atoms with Crippen LogP contribution >= 0.6 is 12.4 Å². The smallest absolute Gasteiger partial charge is 0.227 e. The normalized spacial score (nSPS) is 22.0. The van der Waals surface area contributed by atoms with E-state index in [0.29, 0.717) is 24.2 Å². The first kappa shape index (κ1) is 18.3. The third kappa shape index (κ3) is 4.27. The van der Waals surface area contributed by atoms with Gasteiger partial charge in [0.1, 0.15) is 0 Å². The number of fused-ring (bicyclic) bond motifs is 1. The fraction of sp³-hybridized carbons (Fsp3) is 0.632. The van der Waals surface area contributed by atoms with E-state index >= 15 is 0 Å². The molecular weight excluding hydrogens is 308 g/mol. The molecule has 2 atom stereocenters. The third-order valence-corrected chi connectivity index (χ3v) is 5.30. The number of carbonyl (C=O) groups excluding carboxylic acids is 1. The van der Waals surface area contributed by atoms with Crippen molar-refractivity contribution in [2.75, 3.05) is 24.5 Å². The summed E-state index contributed by atoms with van der Waals surface area (Å²) in [5, 5.41) is 3.47. The van der Waals surface area contributed by atoms with Gasteiger partial charge in [0.05, 0.1) is 0 Å². The van der Waals surface area contributed by atoms with E-state index < -0.39 is 0 Å². The molecule has 1 fully saturated rings. The molecule has 0 spiro atoms. The van der Waals surface area contributed by atoms with Gasteiger partial charge in [0.15, 0.2) is 0 Å². The Morgan fingerprint density at radius 3 is 2.96 bits per heavy atom. The first-order chi connectivity index (χ1) is 10.6. The van der Waals surface area contributed by atoms with Gasteiger partial charge in [0.25, 0.3) is 0 Å². The highest BCUT2D eigenvalue weighted by Gasteiger charge is 2.27. The number of rotatable bonds is 3. The lowest BCUT2D eigenvalue weighted by Crippen LogP contribution is -2.39. The van der Waals surface area contributed by atoms with Crippen LogP contribution in [0.5, 0.6) is 0 Å². The van der Waals surface area contributed by atoms with Crippen molar-refractivity contribution in [2.45, 2.75) is 46.0 Å². The van der Waals surface area contributed by atoms with Crippen molar-refractivity contribution in [3.05, 3.63) is 29.3 Å². The van der Waals surface area contributed by atoms with E-state index in [9.17, 15) is 4.79 Å². The summed E-state index contributed by atoms with van der Waals surface area (Å²) in [6.07, 6.45) is 5.37. The van der Waals surface area contributed by atoms with Gasteiger partial charge in [0.2, 0.25) is 5.91 Å². The Morgan fingerprint density at radius 2 is 2.22 bits per heavy atom. The quantitative estimate of drug-likeness (QED) is 0.912. The SMILES string of the molecule is Cc1ccc2c(c1)N(C(=O)CC(C)C1CCCNC1)CCC2.Cl. The minimum atomic E-state index is 0. The van der Waals surface area contributed by atoms with Crippen LogP contribution in [0.1, 0.15) is 43.7 Å².